The van der Waals surface area contributed by atoms with Gasteiger partial charge in [0, 0.05) is 25.7 Å². The molecule has 9 heteroatoms. The molecule has 2 atom stereocenters. The van der Waals surface area contributed by atoms with Crippen LogP contribution in [0.15, 0.2) is 9.31 Å². The van der Waals surface area contributed by atoms with Crippen LogP contribution in [-0.2, 0) is 19.5 Å². The van der Waals surface area contributed by atoms with Crippen LogP contribution in [0.2, 0.25) is 0 Å². The summed E-state index contributed by atoms with van der Waals surface area (Å²) in [5, 5.41) is 9.31. The van der Waals surface area contributed by atoms with E-state index in [2.05, 4.69) is 4.72 Å². The van der Waals surface area contributed by atoms with Crippen molar-refractivity contribution in [1.29, 1.82) is 0 Å². The molecule has 0 amide bonds. The molecule has 0 radical (unpaired) electrons. The Morgan fingerprint density at radius 1 is 1.29 bits per heavy atom. The van der Waals surface area contributed by atoms with Crippen LogP contribution in [0.25, 0.3) is 0 Å². The zero-order valence-electron chi connectivity index (χ0n) is 13.6. The number of carbonyl (C=O) groups is 1. The second-order valence-corrected chi connectivity index (χ2v) is 8.02. The first-order valence-electron chi connectivity index (χ1n) is 7.81. The highest BCUT2D eigenvalue weighted by molar-refractivity contribution is 7.89. The van der Waals surface area contributed by atoms with Crippen molar-refractivity contribution < 1.29 is 32.2 Å². The molecule has 2 aliphatic heterocycles. The fourth-order valence-corrected chi connectivity index (χ4v) is 5.18. The van der Waals surface area contributed by atoms with Crippen LogP contribution in [0.1, 0.15) is 41.1 Å². The summed E-state index contributed by atoms with van der Waals surface area (Å²) >= 11 is 0. The van der Waals surface area contributed by atoms with Crippen molar-refractivity contribution in [2.24, 2.45) is 0 Å². The summed E-state index contributed by atoms with van der Waals surface area (Å²) in [5.74, 6) is -1.17. The zero-order valence-corrected chi connectivity index (χ0v) is 14.4. The lowest BCUT2D eigenvalue weighted by atomic mass is 9.90. The third-order valence-corrected chi connectivity index (χ3v) is 6.24. The van der Waals surface area contributed by atoms with Crippen molar-refractivity contribution in [2.45, 2.75) is 49.6 Å². The molecule has 1 aromatic rings. The Balaban J connectivity index is 1.86. The maximum Gasteiger partial charge on any atom is 0.340 e. The number of carboxylic acid groups (broad SMARTS) is 1. The van der Waals surface area contributed by atoms with Gasteiger partial charge in [0.25, 0.3) is 0 Å². The summed E-state index contributed by atoms with van der Waals surface area (Å²) in [6, 6.07) is -0.332. The van der Waals surface area contributed by atoms with Crippen molar-refractivity contribution >= 4 is 16.0 Å². The van der Waals surface area contributed by atoms with E-state index in [4.69, 9.17) is 13.9 Å². The first kappa shape index (κ1) is 17.4. The van der Waals surface area contributed by atoms with Crippen molar-refractivity contribution in [3.05, 3.63) is 17.1 Å². The Hall–Kier alpha value is -1.42. The maximum atomic E-state index is 12.8. The van der Waals surface area contributed by atoms with Gasteiger partial charge in [-0.25, -0.2) is 17.9 Å². The van der Waals surface area contributed by atoms with E-state index in [9.17, 15) is 18.3 Å². The molecule has 1 aromatic heterocycles. The predicted molar refractivity (Wildman–Crippen MR) is 82.6 cm³/mol. The molecule has 2 fully saturated rings. The van der Waals surface area contributed by atoms with Gasteiger partial charge in [0.2, 0.25) is 10.0 Å². The monoisotopic (exact) mass is 359 g/mol. The van der Waals surface area contributed by atoms with E-state index in [0.29, 0.717) is 32.7 Å². The third kappa shape index (κ3) is 3.08. The first-order chi connectivity index (χ1) is 11.2. The van der Waals surface area contributed by atoms with E-state index in [1.807, 2.05) is 0 Å². The van der Waals surface area contributed by atoms with Gasteiger partial charge in [0.1, 0.15) is 22.0 Å². The average Bonchev–Trinajstić information content (AvgIpc) is 3.03. The molecule has 1 spiro atoms. The molecule has 0 saturated carbocycles. The number of furan rings is 1. The van der Waals surface area contributed by atoms with Gasteiger partial charge in [0.15, 0.2) is 0 Å². The molecule has 134 valence electrons. The van der Waals surface area contributed by atoms with E-state index in [0.717, 1.165) is 6.42 Å². The van der Waals surface area contributed by atoms with Crippen molar-refractivity contribution in [3.63, 3.8) is 0 Å². The highest BCUT2D eigenvalue weighted by atomic mass is 32.2. The van der Waals surface area contributed by atoms with E-state index < -0.39 is 21.6 Å². The number of hydrogen-bond donors (Lipinski definition) is 2. The zero-order chi connectivity index (χ0) is 17.5. The minimum atomic E-state index is -4.01. The van der Waals surface area contributed by atoms with Gasteiger partial charge in [-0.2, -0.15) is 0 Å². The number of ether oxygens (including phenoxy) is 2. The van der Waals surface area contributed by atoms with E-state index in [1.165, 1.54) is 13.8 Å². The summed E-state index contributed by atoms with van der Waals surface area (Å²) in [5.41, 5.74) is -0.756. The van der Waals surface area contributed by atoms with E-state index in [1.54, 1.807) is 0 Å². The van der Waals surface area contributed by atoms with Crippen LogP contribution in [-0.4, -0.2) is 51.0 Å². The molecular formula is C15H21NO7S. The third-order valence-electron chi connectivity index (χ3n) is 4.57. The quantitative estimate of drug-likeness (QED) is 0.830. The van der Waals surface area contributed by atoms with Gasteiger partial charge < -0.3 is 19.0 Å². The second kappa shape index (κ2) is 6.14. The fraction of sp³-hybridized carbons (Fsp3) is 0.667. The van der Waals surface area contributed by atoms with Crippen LogP contribution in [0.4, 0.5) is 0 Å². The standard InChI is InChI=1S/C15H21NO7S/c1-9-12(14(17)18)13(10(2)23-9)24(19,20)16-11-3-5-22-15(7-11)4-6-21-8-15/h11,16H,3-8H2,1-2H3,(H,17,18). The van der Waals surface area contributed by atoms with Crippen LogP contribution in [0, 0.1) is 13.8 Å². The second-order valence-electron chi connectivity index (χ2n) is 6.37. The number of sulfonamides is 1. The van der Waals surface area contributed by atoms with Crippen LogP contribution in [0.5, 0.6) is 0 Å². The minimum Gasteiger partial charge on any atom is -0.478 e. The minimum absolute atomic E-state index is 0.0726. The lowest BCUT2D eigenvalue weighted by molar-refractivity contribution is -0.0868. The van der Waals surface area contributed by atoms with Gasteiger partial charge in [0.05, 0.1) is 12.2 Å². The first-order valence-corrected chi connectivity index (χ1v) is 9.30. The molecule has 0 aliphatic carbocycles. The molecular weight excluding hydrogens is 338 g/mol. The van der Waals surface area contributed by atoms with Crippen LogP contribution >= 0.6 is 0 Å². The summed E-state index contributed by atoms with van der Waals surface area (Å²) in [4.78, 5) is 11.1. The Kier molecular flexibility index (Phi) is 4.45. The number of rotatable bonds is 4. The molecule has 2 aliphatic rings. The lowest BCUT2D eigenvalue weighted by Crippen LogP contribution is -2.49. The van der Waals surface area contributed by atoms with Gasteiger partial charge in [-0.3, -0.25) is 0 Å². The number of carboxylic acids is 1. The molecule has 3 heterocycles. The van der Waals surface area contributed by atoms with E-state index in [-0.39, 0.29) is 28.0 Å². The number of nitrogens with one attached hydrogen (secondary N) is 1. The van der Waals surface area contributed by atoms with Crippen LogP contribution < -0.4 is 4.72 Å². The summed E-state index contributed by atoms with van der Waals surface area (Å²) in [6.07, 6.45) is 1.76. The fourth-order valence-electron chi connectivity index (χ4n) is 3.50. The maximum absolute atomic E-state index is 12.8. The topological polar surface area (TPSA) is 115 Å². The highest BCUT2D eigenvalue weighted by Crippen LogP contribution is 2.34. The highest BCUT2D eigenvalue weighted by Gasteiger charge is 2.42. The summed E-state index contributed by atoms with van der Waals surface area (Å²) in [7, 11) is -4.01. The SMILES string of the molecule is Cc1oc(C)c(S(=O)(=O)NC2CCOC3(CCOC3)C2)c1C(=O)O. The number of aryl methyl sites for hydroxylation is 2. The summed E-state index contributed by atoms with van der Waals surface area (Å²) < 4.78 is 44.5. The molecule has 2 unspecified atom stereocenters. The number of aromatic carboxylic acids is 1. The van der Waals surface area contributed by atoms with E-state index >= 15 is 0 Å². The molecule has 8 nitrogen and oxygen atoms in total. The van der Waals surface area contributed by atoms with Gasteiger partial charge in [-0.05, 0) is 26.7 Å². The Morgan fingerprint density at radius 3 is 2.67 bits per heavy atom. The molecule has 2 saturated heterocycles. The molecule has 0 bridgehead atoms. The molecule has 24 heavy (non-hydrogen) atoms. The largest absolute Gasteiger partial charge is 0.478 e. The Labute approximate surface area is 140 Å². The predicted octanol–water partition coefficient (Wildman–Crippen LogP) is 1.21. The van der Waals surface area contributed by atoms with Crippen molar-refractivity contribution in [2.75, 3.05) is 19.8 Å². The summed E-state index contributed by atoms with van der Waals surface area (Å²) in [6.45, 7) is 4.38. The van der Waals surface area contributed by atoms with Gasteiger partial charge >= 0.3 is 5.97 Å². The van der Waals surface area contributed by atoms with Crippen LogP contribution in [0.3, 0.4) is 0 Å². The van der Waals surface area contributed by atoms with Gasteiger partial charge in [-0.15, -0.1) is 0 Å². The van der Waals surface area contributed by atoms with Gasteiger partial charge in [-0.1, -0.05) is 0 Å². The van der Waals surface area contributed by atoms with Crippen molar-refractivity contribution in [1.82, 2.24) is 4.72 Å². The van der Waals surface area contributed by atoms with Crippen molar-refractivity contribution in [3.8, 4) is 0 Å². The molecule has 2 N–H and O–H groups in total. The Morgan fingerprint density at radius 2 is 2.04 bits per heavy atom. The Bertz CT molecular complexity index is 746. The normalized spacial score (nSPS) is 27.7. The molecule has 3 rings (SSSR count). The smallest absolute Gasteiger partial charge is 0.340 e. The average molecular weight is 359 g/mol. The molecule has 0 aromatic carbocycles. The lowest BCUT2D eigenvalue weighted by Gasteiger charge is -2.37. The number of hydrogen-bond acceptors (Lipinski definition) is 6.